The number of benzene rings is 2. The van der Waals surface area contributed by atoms with Crippen molar-refractivity contribution in [3.8, 4) is 11.1 Å². The monoisotopic (exact) mass is 454 g/mol. The maximum absolute atomic E-state index is 13.1. The van der Waals surface area contributed by atoms with E-state index in [1.54, 1.807) is 39.0 Å². The summed E-state index contributed by atoms with van der Waals surface area (Å²) >= 11 is 0. The Kier molecular flexibility index (Phi) is 6.71. The molecule has 174 valence electrons. The minimum atomic E-state index is -1.16. The fraction of sp³-hybridized carbons (Fsp3) is 0.333. The molecule has 1 fully saturated rings. The Hall–Kier alpha value is -3.88. The highest BCUT2D eigenvalue weighted by atomic mass is 16.6. The number of carbonyl (C=O) groups is 4. The number of carboxylic acid groups (broad SMARTS) is 2. The van der Waals surface area contributed by atoms with Crippen molar-refractivity contribution in [2.75, 3.05) is 11.9 Å². The number of anilines is 1. The van der Waals surface area contributed by atoms with Gasteiger partial charge in [0.25, 0.3) is 0 Å². The second-order valence-electron chi connectivity index (χ2n) is 8.77. The summed E-state index contributed by atoms with van der Waals surface area (Å²) < 4.78 is 5.41. The molecule has 1 aliphatic rings. The second kappa shape index (κ2) is 9.32. The van der Waals surface area contributed by atoms with Gasteiger partial charge in [-0.1, -0.05) is 18.2 Å². The van der Waals surface area contributed by atoms with E-state index >= 15 is 0 Å². The molecule has 2 amide bonds. The molecule has 1 aliphatic heterocycles. The van der Waals surface area contributed by atoms with E-state index in [0.717, 1.165) is 0 Å². The fourth-order valence-corrected chi connectivity index (χ4v) is 3.62. The predicted octanol–water partition coefficient (Wildman–Crippen LogP) is 4.09. The molecule has 0 radical (unpaired) electrons. The molecule has 33 heavy (non-hydrogen) atoms. The number of likely N-dealkylation sites (tertiary alicyclic amines) is 1. The van der Waals surface area contributed by atoms with E-state index in [1.807, 2.05) is 0 Å². The van der Waals surface area contributed by atoms with Crippen LogP contribution in [0.5, 0.6) is 0 Å². The van der Waals surface area contributed by atoms with Crippen molar-refractivity contribution >= 4 is 29.6 Å². The topological polar surface area (TPSA) is 133 Å². The van der Waals surface area contributed by atoms with E-state index in [9.17, 15) is 24.3 Å². The van der Waals surface area contributed by atoms with E-state index in [0.29, 0.717) is 30.5 Å². The number of rotatable bonds is 5. The predicted molar refractivity (Wildman–Crippen MR) is 120 cm³/mol. The molecule has 2 aromatic rings. The van der Waals surface area contributed by atoms with Gasteiger partial charge in [0.1, 0.15) is 11.6 Å². The minimum Gasteiger partial charge on any atom is -0.478 e. The summed E-state index contributed by atoms with van der Waals surface area (Å²) in [5, 5.41) is 21.3. The Bertz CT molecular complexity index is 1090. The summed E-state index contributed by atoms with van der Waals surface area (Å²) in [7, 11) is 0. The molecule has 3 N–H and O–H groups in total. The van der Waals surface area contributed by atoms with Crippen LogP contribution in [-0.4, -0.2) is 57.2 Å². The quantitative estimate of drug-likeness (QED) is 0.620. The molecule has 1 atom stereocenters. The number of nitrogens with zero attached hydrogens (tertiary/aromatic N) is 1. The van der Waals surface area contributed by atoms with Gasteiger partial charge in [-0.15, -0.1) is 0 Å². The smallest absolute Gasteiger partial charge is 0.410 e. The molecule has 0 aromatic heterocycles. The zero-order valence-electron chi connectivity index (χ0n) is 18.6. The first-order valence-corrected chi connectivity index (χ1v) is 10.5. The molecule has 0 aliphatic carbocycles. The Labute approximate surface area is 191 Å². The van der Waals surface area contributed by atoms with E-state index in [-0.39, 0.29) is 16.8 Å². The van der Waals surface area contributed by atoms with Gasteiger partial charge in [-0.3, -0.25) is 9.69 Å². The van der Waals surface area contributed by atoms with Crippen molar-refractivity contribution in [1.82, 2.24) is 4.90 Å². The van der Waals surface area contributed by atoms with Crippen LogP contribution in [0.4, 0.5) is 10.5 Å². The van der Waals surface area contributed by atoms with Crippen molar-refractivity contribution in [2.45, 2.75) is 45.3 Å². The van der Waals surface area contributed by atoms with Crippen LogP contribution in [0.3, 0.4) is 0 Å². The molecule has 2 aromatic carbocycles. The first-order valence-electron chi connectivity index (χ1n) is 10.5. The molecular formula is C24H26N2O7. The van der Waals surface area contributed by atoms with Crippen LogP contribution in [0.2, 0.25) is 0 Å². The number of nitrogens with one attached hydrogen (secondary N) is 1. The number of hydrogen-bond donors (Lipinski definition) is 3. The lowest BCUT2D eigenvalue weighted by molar-refractivity contribution is -0.120. The minimum absolute atomic E-state index is 0.0216. The summed E-state index contributed by atoms with van der Waals surface area (Å²) in [6, 6.07) is 9.56. The van der Waals surface area contributed by atoms with Crippen LogP contribution in [0, 0.1) is 0 Å². The summed E-state index contributed by atoms with van der Waals surface area (Å²) in [6.45, 7) is 5.62. The zero-order chi connectivity index (χ0) is 24.3. The van der Waals surface area contributed by atoms with E-state index in [2.05, 4.69) is 5.32 Å². The average Bonchev–Trinajstić information content (AvgIpc) is 3.23. The molecule has 9 heteroatoms. The molecular weight excluding hydrogens is 428 g/mol. The lowest BCUT2D eigenvalue weighted by atomic mass is 9.99. The Balaban J connectivity index is 1.90. The first-order chi connectivity index (χ1) is 15.5. The normalized spacial score (nSPS) is 15.7. The third-order valence-corrected chi connectivity index (χ3v) is 5.15. The lowest BCUT2D eigenvalue weighted by Crippen LogP contribution is -2.45. The number of aromatic carboxylic acids is 2. The number of carboxylic acids is 2. The van der Waals surface area contributed by atoms with Gasteiger partial charge in [0.15, 0.2) is 0 Å². The number of carbonyl (C=O) groups excluding carboxylic acids is 2. The summed E-state index contributed by atoms with van der Waals surface area (Å²) in [4.78, 5) is 49.7. The van der Waals surface area contributed by atoms with Crippen molar-refractivity contribution in [1.29, 1.82) is 0 Å². The summed E-state index contributed by atoms with van der Waals surface area (Å²) in [5.74, 6) is -2.68. The van der Waals surface area contributed by atoms with Crippen molar-refractivity contribution in [3.63, 3.8) is 0 Å². The van der Waals surface area contributed by atoms with Crippen LogP contribution in [-0.2, 0) is 9.53 Å². The van der Waals surface area contributed by atoms with Crippen molar-refractivity contribution in [2.24, 2.45) is 0 Å². The van der Waals surface area contributed by atoms with Crippen molar-refractivity contribution in [3.05, 3.63) is 53.6 Å². The highest BCUT2D eigenvalue weighted by Crippen LogP contribution is 2.31. The lowest BCUT2D eigenvalue weighted by Gasteiger charge is -2.28. The third-order valence-electron chi connectivity index (χ3n) is 5.15. The van der Waals surface area contributed by atoms with Gasteiger partial charge in [-0.05, 0) is 63.4 Å². The van der Waals surface area contributed by atoms with Gasteiger partial charge in [-0.25, -0.2) is 14.4 Å². The Morgan fingerprint density at radius 1 is 0.970 bits per heavy atom. The molecule has 3 rings (SSSR count). The molecule has 0 spiro atoms. The number of ether oxygens (including phenoxy) is 1. The Morgan fingerprint density at radius 2 is 1.58 bits per heavy atom. The SMILES string of the molecule is CC(C)(C)OC(=O)N1CCCC1C(=O)Nc1cc(C(=O)O)ccc1-c1ccc(C(=O)O)cc1. The van der Waals surface area contributed by atoms with Gasteiger partial charge in [0.05, 0.1) is 11.1 Å². The standard InChI is InChI=1S/C24H26N2O7/c1-24(2,3)33-23(32)26-12-4-5-19(26)20(27)25-18-13-16(22(30)31)10-11-17(18)14-6-8-15(9-7-14)21(28)29/h6-11,13,19H,4-5,12H2,1-3H3,(H,25,27)(H,28,29)(H,30,31). The molecule has 0 saturated carbocycles. The van der Waals surface area contributed by atoms with Crippen LogP contribution in [0.15, 0.2) is 42.5 Å². The van der Waals surface area contributed by atoms with Gasteiger partial charge in [0, 0.05) is 17.8 Å². The third kappa shape index (κ3) is 5.68. The number of hydrogen-bond acceptors (Lipinski definition) is 5. The maximum atomic E-state index is 13.1. The van der Waals surface area contributed by atoms with Gasteiger partial charge >= 0.3 is 18.0 Å². The molecule has 1 unspecified atom stereocenters. The van der Waals surface area contributed by atoms with Crippen LogP contribution in [0.1, 0.15) is 54.3 Å². The van der Waals surface area contributed by atoms with Gasteiger partial charge in [0.2, 0.25) is 5.91 Å². The highest BCUT2D eigenvalue weighted by Gasteiger charge is 2.36. The molecule has 0 bridgehead atoms. The fourth-order valence-electron chi connectivity index (χ4n) is 3.62. The van der Waals surface area contributed by atoms with Gasteiger partial charge in [-0.2, -0.15) is 0 Å². The average molecular weight is 454 g/mol. The van der Waals surface area contributed by atoms with E-state index in [1.165, 1.54) is 29.2 Å². The Morgan fingerprint density at radius 3 is 2.15 bits per heavy atom. The zero-order valence-corrected chi connectivity index (χ0v) is 18.6. The molecule has 1 saturated heterocycles. The van der Waals surface area contributed by atoms with Crippen molar-refractivity contribution < 1.29 is 34.1 Å². The van der Waals surface area contributed by atoms with Gasteiger partial charge < -0.3 is 20.3 Å². The van der Waals surface area contributed by atoms with Crippen LogP contribution >= 0.6 is 0 Å². The molecule has 9 nitrogen and oxygen atoms in total. The summed E-state index contributed by atoms with van der Waals surface area (Å²) in [6.07, 6.45) is 0.506. The maximum Gasteiger partial charge on any atom is 0.410 e. The second-order valence-corrected chi connectivity index (χ2v) is 8.77. The summed E-state index contributed by atoms with van der Waals surface area (Å²) in [5.41, 5.74) is 0.747. The largest absolute Gasteiger partial charge is 0.478 e. The van der Waals surface area contributed by atoms with Crippen LogP contribution in [0.25, 0.3) is 11.1 Å². The van der Waals surface area contributed by atoms with E-state index < -0.39 is 35.6 Å². The van der Waals surface area contributed by atoms with Crippen LogP contribution < -0.4 is 5.32 Å². The molecule has 1 heterocycles. The number of amides is 2. The van der Waals surface area contributed by atoms with E-state index in [4.69, 9.17) is 9.84 Å². The first kappa shape index (κ1) is 23.8. The highest BCUT2D eigenvalue weighted by molar-refractivity contribution is 6.02.